The molecule has 0 amide bonds. The highest BCUT2D eigenvalue weighted by atomic mass is 79.9. The molecule has 0 saturated carbocycles. The van der Waals surface area contributed by atoms with Gasteiger partial charge in [0.25, 0.3) is 0 Å². The fourth-order valence-corrected chi connectivity index (χ4v) is 3.68. The van der Waals surface area contributed by atoms with Gasteiger partial charge in [0.05, 0.1) is 26.8 Å². The molecule has 2 heterocycles. The first kappa shape index (κ1) is 12.2. The van der Waals surface area contributed by atoms with E-state index >= 15 is 0 Å². The minimum absolute atomic E-state index is 0.825. The number of fused-ring (bicyclic) bond motifs is 1. The van der Waals surface area contributed by atoms with E-state index in [4.69, 9.17) is 4.74 Å². The number of thiophene rings is 1. The molecular formula is C12H8Br2N2OS. The summed E-state index contributed by atoms with van der Waals surface area (Å²) in [7, 11) is 1.66. The monoisotopic (exact) mass is 386 g/mol. The van der Waals surface area contributed by atoms with Crippen molar-refractivity contribution in [2.75, 3.05) is 7.11 Å². The summed E-state index contributed by atoms with van der Waals surface area (Å²) in [6, 6.07) is 7.85. The number of aromatic amines is 1. The normalized spacial score (nSPS) is 11.1. The molecule has 0 fully saturated rings. The van der Waals surface area contributed by atoms with Gasteiger partial charge in [-0.3, -0.25) is 0 Å². The van der Waals surface area contributed by atoms with Gasteiger partial charge >= 0.3 is 0 Å². The molecule has 3 rings (SSSR count). The maximum absolute atomic E-state index is 5.20. The number of halogens is 2. The lowest BCUT2D eigenvalue weighted by molar-refractivity contribution is 0.415. The Morgan fingerprint density at radius 1 is 1.28 bits per heavy atom. The summed E-state index contributed by atoms with van der Waals surface area (Å²) < 4.78 is 7.31. The average molecular weight is 388 g/mol. The number of hydrogen-bond donors (Lipinski definition) is 1. The highest BCUT2D eigenvalue weighted by molar-refractivity contribution is 9.13. The van der Waals surface area contributed by atoms with Crippen molar-refractivity contribution in [3.05, 3.63) is 32.5 Å². The van der Waals surface area contributed by atoms with Crippen molar-refractivity contribution in [2.24, 2.45) is 0 Å². The Balaban J connectivity index is 2.12. The van der Waals surface area contributed by atoms with Gasteiger partial charge in [0.2, 0.25) is 0 Å². The maximum atomic E-state index is 5.20. The Hall–Kier alpha value is -0.850. The predicted octanol–water partition coefficient (Wildman–Crippen LogP) is 4.83. The first-order chi connectivity index (χ1) is 8.67. The van der Waals surface area contributed by atoms with E-state index in [-0.39, 0.29) is 0 Å². The Bertz CT molecular complexity index is 701. The van der Waals surface area contributed by atoms with Gasteiger partial charge in [-0.05, 0) is 50.1 Å². The summed E-state index contributed by atoms with van der Waals surface area (Å²) in [6.07, 6.45) is 0. The van der Waals surface area contributed by atoms with Crippen LogP contribution < -0.4 is 4.74 Å². The zero-order valence-corrected chi connectivity index (χ0v) is 13.3. The van der Waals surface area contributed by atoms with E-state index in [0.29, 0.717) is 0 Å². The van der Waals surface area contributed by atoms with Gasteiger partial charge in [-0.25, -0.2) is 4.98 Å². The molecule has 6 heteroatoms. The van der Waals surface area contributed by atoms with Crippen LogP contribution in [0.2, 0.25) is 0 Å². The first-order valence-electron chi connectivity index (χ1n) is 5.16. The van der Waals surface area contributed by atoms with E-state index in [1.165, 1.54) is 0 Å². The molecule has 0 aliphatic rings. The predicted molar refractivity (Wildman–Crippen MR) is 81.4 cm³/mol. The highest BCUT2D eigenvalue weighted by Crippen LogP contribution is 2.37. The summed E-state index contributed by atoms with van der Waals surface area (Å²) in [4.78, 5) is 8.96. The molecule has 0 radical (unpaired) electrons. The van der Waals surface area contributed by atoms with Crippen molar-refractivity contribution in [1.29, 1.82) is 0 Å². The quantitative estimate of drug-likeness (QED) is 0.684. The van der Waals surface area contributed by atoms with Gasteiger partial charge < -0.3 is 9.72 Å². The summed E-state index contributed by atoms with van der Waals surface area (Å²) in [5, 5.41) is 0. The minimum Gasteiger partial charge on any atom is -0.497 e. The molecule has 0 atom stereocenters. The lowest BCUT2D eigenvalue weighted by Gasteiger charge is -1.96. The van der Waals surface area contributed by atoms with E-state index in [1.54, 1.807) is 18.4 Å². The van der Waals surface area contributed by atoms with Gasteiger partial charge in [-0.1, -0.05) is 0 Å². The van der Waals surface area contributed by atoms with Crippen LogP contribution in [0.1, 0.15) is 0 Å². The summed E-state index contributed by atoms with van der Waals surface area (Å²) in [6.45, 7) is 0. The number of hydrogen-bond acceptors (Lipinski definition) is 3. The number of rotatable bonds is 2. The molecule has 0 bridgehead atoms. The zero-order valence-electron chi connectivity index (χ0n) is 9.33. The lowest BCUT2D eigenvalue weighted by atomic mass is 10.3. The molecule has 0 aliphatic heterocycles. The number of ether oxygens (including phenoxy) is 1. The number of imidazole rings is 1. The molecule has 0 spiro atoms. The van der Waals surface area contributed by atoms with Crippen LogP contribution in [0.5, 0.6) is 5.75 Å². The number of benzene rings is 1. The van der Waals surface area contributed by atoms with Crippen molar-refractivity contribution < 1.29 is 4.74 Å². The molecule has 0 saturated heterocycles. The smallest absolute Gasteiger partial charge is 0.148 e. The molecule has 2 aromatic heterocycles. The third-order valence-electron chi connectivity index (χ3n) is 2.57. The third kappa shape index (κ3) is 2.08. The molecule has 3 aromatic rings. The number of nitrogens with one attached hydrogen (secondary N) is 1. The number of methoxy groups -OCH3 is 1. The molecule has 18 heavy (non-hydrogen) atoms. The third-order valence-corrected chi connectivity index (χ3v) is 5.83. The average Bonchev–Trinajstić information content (AvgIpc) is 2.92. The molecular weight excluding hydrogens is 380 g/mol. The zero-order chi connectivity index (χ0) is 12.7. The van der Waals surface area contributed by atoms with E-state index < -0.39 is 0 Å². The largest absolute Gasteiger partial charge is 0.497 e. The van der Waals surface area contributed by atoms with Gasteiger partial charge in [0, 0.05) is 10.5 Å². The van der Waals surface area contributed by atoms with Crippen LogP contribution in [0.4, 0.5) is 0 Å². The van der Waals surface area contributed by atoms with Crippen LogP contribution in [0.3, 0.4) is 0 Å². The fraction of sp³-hybridized carbons (Fsp3) is 0.0833. The van der Waals surface area contributed by atoms with Crippen molar-refractivity contribution in [3.63, 3.8) is 0 Å². The molecule has 92 valence electrons. The van der Waals surface area contributed by atoms with Crippen molar-refractivity contribution in [3.8, 4) is 16.5 Å². The number of H-pyrrole nitrogens is 1. The maximum Gasteiger partial charge on any atom is 0.148 e. The summed E-state index contributed by atoms with van der Waals surface area (Å²) >= 11 is 8.61. The van der Waals surface area contributed by atoms with E-state index in [1.807, 2.05) is 24.3 Å². The second kappa shape index (κ2) is 4.68. The van der Waals surface area contributed by atoms with E-state index in [9.17, 15) is 0 Å². The Morgan fingerprint density at radius 3 is 2.78 bits per heavy atom. The van der Waals surface area contributed by atoms with Crippen molar-refractivity contribution >= 4 is 54.2 Å². The number of nitrogens with zero attached hydrogens (tertiary/aromatic N) is 1. The van der Waals surface area contributed by atoms with Crippen LogP contribution in [0.15, 0.2) is 32.5 Å². The molecule has 1 aromatic carbocycles. The van der Waals surface area contributed by atoms with Gasteiger partial charge in [0.15, 0.2) is 0 Å². The van der Waals surface area contributed by atoms with Crippen LogP contribution in [0, 0.1) is 0 Å². The van der Waals surface area contributed by atoms with Crippen LogP contribution in [-0.2, 0) is 0 Å². The first-order valence-corrected chi connectivity index (χ1v) is 7.56. The van der Waals surface area contributed by atoms with Gasteiger partial charge in [0.1, 0.15) is 11.6 Å². The van der Waals surface area contributed by atoms with Crippen molar-refractivity contribution in [1.82, 2.24) is 9.97 Å². The van der Waals surface area contributed by atoms with E-state index in [0.717, 1.165) is 35.7 Å². The second-order valence-electron chi connectivity index (χ2n) is 3.70. The number of aromatic nitrogens is 2. The van der Waals surface area contributed by atoms with E-state index in [2.05, 4.69) is 41.8 Å². The standard InChI is InChI=1S/C12H8Br2N2OS/c1-17-6-2-3-8-9(4-6)16-12(15-8)10-5-7(13)11(14)18-10/h2-5H,1H3,(H,15,16). The summed E-state index contributed by atoms with van der Waals surface area (Å²) in [5.74, 6) is 1.70. The van der Waals surface area contributed by atoms with Crippen molar-refractivity contribution in [2.45, 2.75) is 0 Å². The molecule has 0 unspecified atom stereocenters. The summed E-state index contributed by atoms with van der Waals surface area (Å²) in [5.41, 5.74) is 1.91. The Morgan fingerprint density at radius 2 is 2.11 bits per heavy atom. The molecule has 3 nitrogen and oxygen atoms in total. The second-order valence-corrected chi connectivity index (χ2v) is 6.93. The fourth-order valence-electron chi connectivity index (χ4n) is 1.70. The Kier molecular flexibility index (Phi) is 3.17. The Labute approximate surface area is 124 Å². The van der Waals surface area contributed by atoms with Gasteiger partial charge in [-0.2, -0.15) is 0 Å². The van der Waals surface area contributed by atoms with Gasteiger partial charge in [-0.15, -0.1) is 11.3 Å². The topological polar surface area (TPSA) is 37.9 Å². The molecule has 0 aliphatic carbocycles. The highest BCUT2D eigenvalue weighted by Gasteiger charge is 2.11. The van der Waals surface area contributed by atoms with Crippen LogP contribution in [0.25, 0.3) is 21.7 Å². The van der Waals surface area contributed by atoms with Crippen LogP contribution >= 0.6 is 43.2 Å². The van der Waals surface area contributed by atoms with Crippen LogP contribution in [-0.4, -0.2) is 17.1 Å². The molecule has 1 N–H and O–H groups in total. The minimum atomic E-state index is 0.825. The lowest BCUT2D eigenvalue weighted by Crippen LogP contribution is -1.81. The SMILES string of the molecule is COc1ccc2nc(-c3cc(Br)c(Br)s3)[nH]c2c1.